The Morgan fingerprint density at radius 1 is 0.294 bits per heavy atom. The molecule has 0 bridgehead atoms. The van der Waals surface area contributed by atoms with Crippen molar-refractivity contribution in [2.24, 2.45) is 23.7 Å². The Kier molecular flexibility index (Phi) is 13.5. The Labute approximate surface area is 395 Å². The van der Waals surface area contributed by atoms with E-state index in [1.54, 1.807) is 18.2 Å². The summed E-state index contributed by atoms with van der Waals surface area (Å²) in [6.45, 7) is 0. The molecule has 336 valence electrons. The number of carboxylic acids is 2. The van der Waals surface area contributed by atoms with Gasteiger partial charge in [0, 0.05) is 23.7 Å². The number of hydrogen-bond donors (Lipinski definition) is 2. The van der Waals surface area contributed by atoms with Crippen LogP contribution < -0.4 is 9.47 Å². The molecular formula is C60H48O8. The van der Waals surface area contributed by atoms with Gasteiger partial charge in [0.15, 0.2) is 0 Å². The van der Waals surface area contributed by atoms with Crippen LogP contribution in [-0.4, -0.2) is 34.1 Å². The fourth-order valence-electron chi connectivity index (χ4n) is 10.1. The van der Waals surface area contributed by atoms with Crippen molar-refractivity contribution >= 4 is 23.9 Å². The SMILES string of the molecule is O=C(O)C1[C@H](c2ccccc2)C(C(=O)Oc2ccc(-c3ccccc3)cc2)[C@H]1c1ccccc1.O=C(O)C1[C@H](c2ccccc2)C(C(=O)Oc2cccc(-c3ccccc3)c2)[C@H]1c1ccccc1. The fourth-order valence-corrected chi connectivity index (χ4v) is 10.1. The minimum absolute atomic E-state index is 0.410. The molecule has 2 N–H and O–H groups in total. The summed E-state index contributed by atoms with van der Waals surface area (Å²) in [4.78, 5) is 51.7. The minimum atomic E-state index is -0.905. The van der Waals surface area contributed by atoms with E-state index in [4.69, 9.17) is 9.47 Å². The quantitative estimate of drug-likeness (QED) is 0.0917. The predicted octanol–water partition coefficient (Wildman–Crippen LogP) is 12.3. The van der Waals surface area contributed by atoms with Gasteiger partial charge in [-0.15, -0.1) is 0 Å². The molecular weight excluding hydrogens is 849 g/mol. The normalized spacial score (nSPS) is 21.3. The van der Waals surface area contributed by atoms with Crippen molar-refractivity contribution in [1.82, 2.24) is 0 Å². The summed E-state index contributed by atoms with van der Waals surface area (Å²) in [5.41, 5.74) is 7.42. The Balaban J connectivity index is 0.000000170. The molecule has 0 amide bonds. The van der Waals surface area contributed by atoms with E-state index in [1.807, 2.05) is 212 Å². The van der Waals surface area contributed by atoms with E-state index in [-0.39, 0.29) is 0 Å². The van der Waals surface area contributed by atoms with Gasteiger partial charge in [-0.05, 0) is 68.8 Å². The van der Waals surface area contributed by atoms with Crippen LogP contribution in [-0.2, 0) is 19.2 Å². The van der Waals surface area contributed by atoms with Crippen LogP contribution in [0.15, 0.2) is 231 Å². The zero-order valence-electron chi connectivity index (χ0n) is 36.9. The molecule has 0 aliphatic heterocycles. The van der Waals surface area contributed by atoms with Crippen molar-refractivity contribution < 1.29 is 38.9 Å². The molecule has 4 atom stereocenters. The monoisotopic (exact) mass is 896 g/mol. The molecule has 8 aromatic rings. The molecule has 0 spiro atoms. The maximum absolute atomic E-state index is 13.6. The molecule has 8 nitrogen and oxygen atoms in total. The van der Waals surface area contributed by atoms with Gasteiger partial charge in [0.25, 0.3) is 0 Å². The summed E-state index contributed by atoms with van der Waals surface area (Å²) in [6, 6.07) is 72.3. The zero-order valence-corrected chi connectivity index (χ0v) is 36.9. The first-order chi connectivity index (χ1) is 33.3. The van der Waals surface area contributed by atoms with Crippen molar-refractivity contribution in [2.75, 3.05) is 0 Å². The lowest BCUT2D eigenvalue weighted by Crippen LogP contribution is -2.52. The number of ether oxygens (including phenoxy) is 2. The lowest BCUT2D eigenvalue weighted by atomic mass is 9.52. The van der Waals surface area contributed by atoms with Crippen LogP contribution in [0.1, 0.15) is 45.9 Å². The fraction of sp³-hybridized carbons (Fsp3) is 0.133. The second-order valence-electron chi connectivity index (χ2n) is 17.2. The van der Waals surface area contributed by atoms with Crippen molar-refractivity contribution in [1.29, 1.82) is 0 Å². The van der Waals surface area contributed by atoms with Crippen molar-refractivity contribution in [3.05, 3.63) is 253 Å². The maximum Gasteiger partial charge on any atom is 0.315 e. The van der Waals surface area contributed by atoms with E-state index in [2.05, 4.69) is 0 Å². The van der Waals surface area contributed by atoms with Gasteiger partial charge in [0.2, 0.25) is 0 Å². The van der Waals surface area contributed by atoms with Crippen LogP contribution in [0.5, 0.6) is 11.5 Å². The molecule has 0 heterocycles. The van der Waals surface area contributed by atoms with Gasteiger partial charge in [0.05, 0.1) is 23.7 Å². The Bertz CT molecular complexity index is 2870. The highest BCUT2D eigenvalue weighted by Gasteiger charge is 2.60. The van der Waals surface area contributed by atoms with Crippen molar-refractivity contribution in [3.63, 3.8) is 0 Å². The second-order valence-corrected chi connectivity index (χ2v) is 17.2. The van der Waals surface area contributed by atoms with Crippen LogP contribution in [0.25, 0.3) is 22.3 Å². The van der Waals surface area contributed by atoms with E-state index in [0.29, 0.717) is 11.5 Å². The molecule has 2 aliphatic rings. The molecule has 68 heavy (non-hydrogen) atoms. The third kappa shape index (κ3) is 9.48. The highest BCUT2D eigenvalue weighted by Crippen LogP contribution is 2.59. The number of rotatable bonds is 12. The molecule has 8 aromatic carbocycles. The number of hydrogen-bond acceptors (Lipinski definition) is 6. The van der Waals surface area contributed by atoms with Gasteiger partial charge in [-0.2, -0.15) is 0 Å². The van der Waals surface area contributed by atoms with E-state index < -0.39 is 71.2 Å². The van der Waals surface area contributed by atoms with Gasteiger partial charge >= 0.3 is 23.9 Å². The number of carbonyl (C=O) groups excluding carboxylic acids is 2. The number of benzene rings is 8. The van der Waals surface area contributed by atoms with Crippen molar-refractivity contribution in [2.45, 2.75) is 23.7 Å². The highest BCUT2D eigenvalue weighted by molar-refractivity contribution is 5.87. The predicted molar refractivity (Wildman–Crippen MR) is 261 cm³/mol. The topological polar surface area (TPSA) is 127 Å². The lowest BCUT2D eigenvalue weighted by Gasteiger charge is -2.48. The Morgan fingerprint density at radius 2 is 0.588 bits per heavy atom. The number of aliphatic carboxylic acids is 2. The van der Waals surface area contributed by atoms with Crippen LogP contribution in [0.4, 0.5) is 0 Å². The average molecular weight is 897 g/mol. The standard InChI is InChI=1S/2C30H24O4/c31-29(32)27-25(21-13-6-2-7-14-21)28(26(27)22-15-8-3-9-16-22)30(33)34-24-18-10-17-23(19-24)20-11-4-1-5-12-20;31-29(32)27-25(22-12-6-2-7-13-22)28(26(27)23-14-8-3-9-15-23)30(33)34-24-18-16-21(17-19-24)20-10-4-1-5-11-20/h2*1-19,25-28H,(H,31,32)/t2*25-,26-,27?,28?/m00/s1. The lowest BCUT2D eigenvalue weighted by molar-refractivity contribution is -0.160. The van der Waals surface area contributed by atoms with Gasteiger partial charge in [0.1, 0.15) is 11.5 Å². The second kappa shape index (κ2) is 20.4. The van der Waals surface area contributed by atoms with Crippen LogP contribution in [0.3, 0.4) is 0 Å². The van der Waals surface area contributed by atoms with Crippen LogP contribution in [0, 0.1) is 23.7 Å². The molecule has 8 heteroatoms. The first-order valence-corrected chi connectivity index (χ1v) is 22.7. The molecule has 2 fully saturated rings. The Hall–Kier alpha value is -8.36. The summed E-state index contributed by atoms with van der Waals surface area (Å²) in [7, 11) is 0. The first-order valence-electron chi connectivity index (χ1n) is 22.7. The highest BCUT2D eigenvalue weighted by atomic mass is 16.5. The summed E-state index contributed by atoms with van der Waals surface area (Å²) >= 11 is 0. The third-order valence-electron chi connectivity index (χ3n) is 13.3. The van der Waals surface area contributed by atoms with Gasteiger partial charge in [-0.1, -0.05) is 206 Å². The van der Waals surface area contributed by atoms with E-state index in [0.717, 1.165) is 44.5 Å². The van der Waals surface area contributed by atoms with Crippen LogP contribution in [0.2, 0.25) is 0 Å². The Morgan fingerprint density at radius 3 is 0.941 bits per heavy atom. The number of esters is 2. The molecule has 0 unspecified atom stereocenters. The molecule has 0 saturated heterocycles. The van der Waals surface area contributed by atoms with Crippen molar-refractivity contribution in [3.8, 4) is 33.8 Å². The smallest absolute Gasteiger partial charge is 0.315 e. The maximum atomic E-state index is 13.6. The largest absolute Gasteiger partial charge is 0.481 e. The third-order valence-corrected chi connectivity index (χ3v) is 13.3. The first kappa shape index (κ1) is 44.8. The summed E-state index contributed by atoms with van der Waals surface area (Å²) < 4.78 is 11.7. The number of carbonyl (C=O) groups is 4. The summed E-state index contributed by atoms with van der Waals surface area (Å²) in [5, 5.41) is 20.2. The van der Waals surface area contributed by atoms with Gasteiger partial charge < -0.3 is 19.7 Å². The number of carboxylic acid groups (broad SMARTS) is 2. The molecule has 2 saturated carbocycles. The molecule has 0 radical (unpaired) electrons. The summed E-state index contributed by atoms with van der Waals surface area (Å²) in [5.74, 6) is -6.20. The van der Waals surface area contributed by atoms with Gasteiger partial charge in [-0.3, -0.25) is 19.2 Å². The zero-order chi connectivity index (χ0) is 47.0. The summed E-state index contributed by atoms with van der Waals surface area (Å²) in [6.07, 6.45) is 0. The molecule has 0 aromatic heterocycles. The molecule has 10 rings (SSSR count). The van der Waals surface area contributed by atoms with Crippen LogP contribution >= 0.6 is 0 Å². The average Bonchev–Trinajstić information content (AvgIpc) is 3.35. The minimum Gasteiger partial charge on any atom is -0.481 e. The van der Waals surface area contributed by atoms with E-state index in [1.165, 1.54) is 0 Å². The van der Waals surface area contributed by atoms with E-state index >= 15 is 0 Å². The van der Waals surface area contributed by atoms with E-state index in [9.17, 15) is 29.4 Å². The molecule has 2 aliphatic carbocycles. The van der Waals surface area contributed by atoms with Gasteiger partial charge in [-0.25, -0.2) is 0 Å².